The maximum atomic E-state index is 13.1. The van der Waals surface area contributed by atoms with Gasteiger partial charge in [-0.05, 0) is 48.6 Å². The number of aryl methyl sites for hydroxylation is 2. The molecule has 2 aliphatic carbocycles. The first-order valence-corrected chi connectivity index (χ1v) is 10.7. The quantitative estimate of drug-likeness (QED) is 0.686. The predicted molar refractivity (Wildman–Crippen MR) is 105 cm³/mol. The molecule has 0 bridgehead atoms. The van der Waals surface area contributed by atoms with Crippen molar-refractivity contribution in [2.75, 3.05) is 0 Å². The summed E-state index contributed by atoms with van der Waals surface area (Å²) < 4.78 is 0. The van der Waals surface area contributed by atoms with Crippen LogP contribution in [0.5, 0.6) is 0 Å². The second-order valence-corrected chi connectivity index (χ2v) is 8.08. The van der Waals surface area contributed by atoms with Crippen LogP contribution in [0.3, 0.4) is 0 Å². The molecule has 2 aliphatic rings. The molecular weight excluding hydrogens is 306 g/mol. The summed E-state index contributed by atoms with van der Waals surface area (Å²) in [6.07, 6.45) is 14.0. The Morgan fingerprint density at radius 2 is 1.56 bits per heavy atom. The molecule has 0 heterocycles. The molecule has 0 spiro atoms. The van der Waals surface area contributed by atoms with Gasteiger partial charge in [-0.25, -0.2) is 0 Å². The van der Waals surface area contributed by atoms with Gasteiger partial charge in [-0.15, -0.1) is 0 Å². The lowest BCUT2D eigenvalue weighted by Gasteiger charge is -2.29. The van der Waals surface area contributed by atoms with Gasteiger partial charge in [-0.2, -0.15) is 0 Å². The summed E-state index contributed by atoms with van der Waals surface area (Å²) in [4.78, 5) is 13.1. The standard InChI is InChI=1S/C23H35NO/c1-3-17-13-9-14-18(4-2)22(17)23(25)24-21-16-10-15-20(21)19-11-7-5-6-8-12-19/h9,13-14,19-21H,3-8,10-12,15-16H2,1-2H3,(H,24,25). The summed E-state index contributed by atoms with van der Waals surface area (Å²) in [7, 11) is 0. The summed E-state index contributed by atoms with van der Waals surface area (Å²) in [6, 6.07) is 6.72. The van der Waals surface area contributed by atoms with Crippen molar-refractivity contribution in [3.63, 3.8) is 0 Å². The Bertz CT molecular complexity index is 549. The van der Waals surface area contributed by atoms with E-state index in [1.54, 1.807) is 0 Å². The highest BCUT2D eigenvalue weighted by Gasteiger charge is 2.35. The minimum absolute atomic E-state index is 0.180. The highest BCUT2D eigenvalue weighted by molar-refractivity contribution is 5.97. The van der Waals surface area contributed by atoms with E-state index in [4.69, 9.17) is 0 Å². The van der Waals surface area contributed by atoms with Gasteiger partial charge in [-0.1, -0.05) is 77.0 Å². The fraction of sp³-hybridized carbons (Fsp3) is 0.696. The molecule has 0 saturated heterocycles. The molecule has 2 fully saturated rings. The average molecular weight is 342 g/mol. The minimum Gasteiger partial charge on any atom is -0.349 e. The molecule has 2 atom stereocenters. The molecule has 2 heteroatoms. The van der Waals surface area contributed by atoms with E-state index in [1.165, 1.54) is 68.9 Å². The van der Waals surface area contributed by atoms with Crippen molar-refractivity contribution < 1.29 is 4.79 Å². The molecule has 2 unspecified atom stereocenters. The van der Waals surface area contributed by atoms with E-state index in [2.05, 4.69) is 37.4 Å². The molecule has 1 aromatic rings. The first-order valence-electron chi connectivity index (χ1n) is 10.7. The van der Waals surface area contributed by atoms with Gasteiger partial charge in [0.25, 0.3) is 5.91 Å². The summed E-state index contributed by atoms with van der Waals surface area (Å²) in [5, 5.41) is 3.47. The number of carbonyl (C=O) groups excluding carboxylic acids is 1. The molecule has 0 aliphatic heterocycles. The molecule has 1 N–H and O–H groups in total. The number of benzene rings is 1. The Hall–Kier alpha value is -1.31. The van der Waals surface area contributed by atoms with E-state index in [9.17, 15) is 4.79 Å². The van der Waals surface area contributed by atoms with Gasteiger partial charge in [0.05, 0.1) is 0 Å². The maximum absolute atomic E-state index is 13.1. The van der Waals surface area contributed by atoms with Crippen LogP contribution in [0.4, 0.5) is 0 Å². The number of rotatable bonds is 5. The lowest BCUT2D eigenvalue weighted by atomic mass is 9.82. The van der Waals surface area contributed by atoms with Gasteiger partial charge < -0.3 is 5.32 Å². The van der Waals surface area contributed by atoms with Gasteiger partial charge >= 0.3 is 0 Å². The highest BCUT2D eigenvalue weighted by atomic mass is 16.1. The van der Waals surface area contributed by atoms with Crippen molar-refractivity contribution in [2.24, 2.45) is 11.8 Å². The van der Waals surface area contributed by atoms with Gasteiger partial charge in [0.2, 0.25) is 0 Å². The number of nitrogens with one attached hydrogen (secondary N) is 1. The Kier molecular flexibility index (Phi) is 6.56. The topological polar surface area (TPSA) is 29.1 Å². The van der Waals surface area contributed by atoms with Gasteiger partial charge in [0, 0.05) is 11.6 Å². The van der Waals surface area contributed by atoms with Crippen LogP contribution in [0.2, 0.25) is 0 Å². The summed E-state index contributed by atoms with van der Waals surface area (Å²) >= 11 is 0. The number of hydrogen-bond acceptors (Lipinski definition) is 1. The van der Waals surface area contributed by atoms with Crippen LogP contribution >= 0.6 is 0 Å². The normalized spacial score (nSPS) is 24.9. The average Bonchev–Trinajstić information content (AvgIpc) is 2.92. The van der Waals surface area contributed by atoms with Crippen LogP contribution in [-0.4, -0.2) is 11.9 Å². The number of carbonyl (C=O) groups is 1. The van der Waals surface area contributed by atoms with E-state index >= 15 is 0 Å². The molecule has 0 aromatic heterocycles. The van der Waals surface area contributed by atoms with E-state index in [1.807, 2.05) is 0 Å². The van der Waals surface area contributed by atoms with Gasteiger partial charge in [0.15, 0.2) is 0 Å². The molecule has 2 nitrogen and oxygen atoms in total. The van der Waals surface area contributed by atoms with Crippen LogP contribution in [-0.2, 0) is 12.8 Å². The zero-order chi connectivity index (χ0) is 17.6. The third kappa shape index (κ3) is 4.27. The fourth-order valence-corrected chi connectivity index (χ4v) is 5.25. The van der Waals surface area contributed by atoms with Crippen LogP contribution in [0.15, 0.2) is 18.2 Å². The molecule has 1 amide bonds. The molecular formula is C23H35NO. The van der Waals surface area contributed by atoms with Crippen LogP contribution in [0, 0.1) is 11.8 Å². The van der Waals surface area contributed by atoms with Gasteiger partial charge in [-0.3, -0.25) is 4.79 Å². The summed E-state index contributed by atoms with van der Waals surface area (Å²) in [5.74, 6) is 1.73. The van der Waals surface area contributed by atoms with Crippen molar-refractivity contribution >= 4 is 5.91 Å². The van der Waals surface area contributed by atoms with Crippen molar-refractivity contribution in [1.82, 2.24) is 5.32 Å². The Morgan fingerprint density at radius 1 is 0.920 bits per heavy atom. The summed E-state index contributed by atoms with van der Waals surface area (Å²) in [6.45, 7) is 4.30. The smallest absolute Gasteiger partial charge is 0.252 e. The van der Waals surface area contributed by atoms with E-state index in [-0.39, 0.29) is 5.91 Å². The first-order chi connectivity index (χ1) is 12.2. The second-order valence-electron chi connectivity index (χ2n) is 8.08. The predicted octanol–water partition coefficient (Wildman–Crippen LogP) is 5.68. The molecule has 3 rings (SSSR count). The molecule has 2 saturated carbocycles. The Labute approximate surface area is 153 Å². The molecule has 25 heavy (non-hydrogen) atoms. The largest absolute Gasteiger partial charge is 0.349 e. The van der Waals surface area contributed by atoms with E-state index < -0.39 is 0 Å². The van der Waals surface area contributed by atoms with Crippen molar-refractivity contribution in [2.45, 2.75) is 90.5 Å². The van der Waals surface area contributed by atoms with Crippen molar-refractivity contribution in [1.29, 1.82) is 0 Å². The zero-order valence-corrected chi connectivity index (χ0v) is 16.2. The van der Waals surface area contributed by atoms with Crippen molar-refractivity contribution in [3.05, 3.63) is 34.9 Å². The Morgan fingerprint density at radius 3 is 2.16 bits per heavy atom. The van der Waals surface area contributed by atoms with Crippen LogP contribution in [0.25, 0.3) is 0 Å². The third-order valence-electron chi connectivity index (χ3n) is 6.62. The molecule has 138 valence electrons. The molecule has 0 radical (unpaired) electrons. The monoisotopic (exact) mass is 341 g/mol. The van der Waals surface area contributed by atoms with Crippen LogP contribution < -0.4 is 5.32 Å². The zero-order valence-electron chi connectivity index (χ0n) is 16.2. The highest BCUT2D eigenvalue weighted by Crippen LogP contribution is 2.39. The third-order valence-corrected chi connectivity index (χ3v) is 6.62. The Balaban J connectivity index is 1.73. The van der Waals surface area contributed by atoms with Gasteiger partial charge in [0.1, 0.15) is 0 Å². The van der Waals surface area contributed by atoms with Crippen LogP contribution in [0.1, 0.15) is 93.1 Å². The maximum Gasteiger partial charge on any atom is 0.252 e. The van der Waals surface area contributed by atoms with E-state index in [0.717, 1.165) is 24.3 Å². The van der Waals surface area contributed by atoms with E-state index in [0.29, 0.717) is 12.0 Å². The summed E-state index contributed by atoms with van der Waals surface area (Å²) in [5.41, 5.74) is 3.35. The minimum atomic E-state index is 0.180. The van der Waals surface area contributed by atoms with Crippen molar-refractivity contribution in [3.8, 4) is 0 Å². The number of amides is 1. The second kappa shape index (κ2) is 8.87. The lowest BCUT2D eigenvalue weighted by Crippen LogP contribution is -2.40. The lowest BCUT2D eigenvalue weighted by molar-refractivity contribution is 0.0914. The fourth-order valence-electron chi connectivity index (χ4n) is 5.25. The molecule has 1 aromatic carbocycles. The first kappa shape index (κ1) is 18.5. The SMILES string of the molecule is CCc1cccc(CC)c1C(=O)NC1CCCC1C1CCCCCC1. The number of hydrogen-bond donors (Lipinski definition) is 1.